The Morgan fingerprint density at radius 3 is 2.56 bits per heavy atom. The van der Waals surface area contributed by atoms with Crippen molar-refractivity contribution in [3.8, 4) is 12.3 Å². The topological polar surface area (TPSA) is 63.2 Å². The monoisotopic (exact) mass is 208 g/mol. The van der Waals surface area contributed by atoms with E-state index in [4.69, 9.17) is 10.5 Å². The molecule has 0 amide bonds. The van der Waals surface area contributed by atoms with Gasteiger partial charge in [-0.3, -0.25) is 0 Å². The maximum atomic E-state index is 8.83. The number of nitriles is 2. The second kappa shape index (κ2) is 4.29. The van der Waals surface area contributed by atoms with E-state index in [9.17, 15) is 0 Å². The average Bonchev–Trinajstić information content (AvgIpc) is 2.39. The maximum Gasteiger partial charge on any atom is 0.207 e. The van der Waals surface area contributed by atoms with Crippen LogP contribution < -0.4 is 0 Å². The molecule has 1 aromatic rings. The normalized spacial score (nSPS) is 14.5. The first-order chi connectivity index (χ1) is 7.85. The summed E-state index contributed by atoms with van der Waals surface area (Å²) in [6.45, 7) is 0. The van der Waals surface area contributed by atoms with Gasteiger partial charge in [-0.25, -0.2) is 0 Å². The molecule has 1 aromatic carbocycles. The van der Waals surface area contributed by atoms with Gasteiger partial charge in [0.25, 0.3) is 0 Å². The van der Waals surface area contributed by atoms with E-state index in [1.54, 1.807) is 6.08 Å². The Morgan fingerprint density at radius 2 is 1.94 bits per heavy atom. The van der Waals surface area contributed by atoms with E-state index in [1.807, 2.05) is 42.6 Å². The Bertz CT molecular complexity index is 528. The summed E-state index contributed by atoms with van der Waals surface area (Å²) in [6.07, 6.45) is 4.14. The maximum absolute atomic E-state index is 8.83. The third kappa shape index (κ3) is 1.77. The van der Waals surface area contributed by atoms with Crippen molar-refractivity contribution in [2.45, 2.75) is 6.42 Å². The molecule has 0 spiro atoms. The molecule has 0 fully saturated rings. The van der Waals surface area contributed by atoms with Crippen molar-refractivity contribution in [1.82, 2.24) is 5.01 Å². The predicted molar refractivity (Wildman–Crippen MR) is 58.7 cm³/mol. The van der Waals surface area contributed by atoms with Crippen molar-refractivity contribution in [1.29, 1.82) is 10.5 Å². The zero-order valence-corrected chi connectivity index (χ0v) is 8.46. The molecule has 1 aliphatic rings. The lowest BCUT2D eigenvalue weighted by molar-refractivity contribution is 0.526. The number of benzene rings is 1. The minimum Gasteiger partial charge on any atom is -0.191 e. The number of rotatable bonds is 1. The first-order valence-corrected chi connectivity index (χ1v) is 4.78. The van der Waals surface area contributed by atoms with Gasteiger partial charge in [-0.15, -0.1) is 0 Å². The van der Waals surface area contributed by atoms with Crippen LogP contribution in [0.3, 0.4) is 0 Å². The minimum atomic E-state index is 0.280. The van der Waals surface area contributed by atoms with Crippen molar-refractivity contribution in [2.75, 3.05) is 0 Å². The van der Waals surface area contributed by atoms with Gasteiger partial charge < -0.3 is 0 Å². The quantitative estimate of drug-likeness (QED) is 0.663. The van der Waals surface area contributed by atoms with E-state index < -0.39 is 0 Å². The lowest BCUT2D eigenvalue weighted by atomic mass is 10.1. The van der Waals surface area contributed by atoms with Crippen LogP contribution in [0.4, 0.5) is 0 Å². The minimum absolute atomic E-state index is 0.280. The van der Waals surface area contributed by atoms with E-state index in [-0.39, 0.29) is 5.70 Å². The summed E-state index contributed by atoms with van der Waals surface area (Å²) in [7, 11) is 0. The molecule has 0 unspecified atom stereocenters. The molecule has 0 saturated heterocycles. The lowest BCUT2D eigenvalue weighted by Gasteiger charge is -2.15. The summed E-state index contributed by atoms with van der Waals surface area (Å²) in [5.41, 5.74) is 2.04. The molecule has 0 radical (unpaired) electrons. The van der Waals surface area contributed by atoms with Crippen molar-refractivity contribution in [3.63, 3.8) is 0 Å². The summed E-state index contributed by atoms with van der Waals surface area (Å²) in [6, 6.07) is 11.5. The van der Waals surface area contributed by atoms with Gasteiger partial charge in [-0.1, -0.05) is 30.3 Å². The number of hydrogen-bond acceptors (Lipinski definition) is 4. The summed E-state index contributed by atoms with van der Waals surface area (Å²) < 4.78 is 0. The van der Waals surface area contributed by atoms with Gasteiger partial charge in [0.05, 0.1) is 5.71 Å². The van der Waals surface area contributed by atoms with Crippen molar-refractivity contribution in [2.24, 2.45) is 5.10 Å². The molecule has 0 atom stereocenters. The summed E-state index contributed by atoms with van der Waals surface area (Å²) >= 11 is 0. The molecule has 0 aromatic heterocycles. The van der Waals surface area contributed by atoms with E-state index >= 15 is 0 Å². The molecule has 0 saturated carbocycles. The zero-order chi connectivity index (χ0) is 11.4. The highest BCUT2D eigenvalue weighted by Gasteiger charge is 2.15. The molecule has 2 rings (SSSR count). The van der Waals surface area contributed by atoms with Crippen molar-refractivity contribution >= 4 is 5.71 Å². The Labute approximate surface area is 93.3 Å². The fourth-order valence-electron chi connectivity index (χ4n) is 1.47. The standard InChI is InChI=1S/C12H8N4/c13-8-11-6-7-12(15-16(11)9-14)10-4-2-1-3-5-10/h1-6H,7H2. The van der Waals surface area contributed by atoms with Crippen LogP contribution >= 0.6 is 0 Å². The second-order valence-electron chi connectivity index (χ2n) is 3.23. The van der Waals surface area contributed by atoms with Gasteiger partial charge in [-0.05, 0) is 11.6 Å². The van der Waals surface area contributed by atoms with Crippen molar-refractivity contribution in [3.05, 3.63) is 47.7 Å². The molecule has 0 N–H and O–H groups in total. The third-order valence-electron chi connectivity index (χ3n) is 2.25. The Kier molecular flexibility index (Phi) is 2.67. The smallest absolute Gasteiger partial charge is 0.191 e. The highest BCUT2D eigenvalue weighted by atomic mass is 15.5. The van der Waals surface area contributed by atoms with Crippen LogP contribution in [0.2, 0.25) is 0 Å². The van der Waals surface area contributed by atoms with E-state index in [0.717, 1.165) is 16.3 Å². The third-order valence-corrected chi connectivity index (χ3v) is 2.25. The lowest BCUT2D eigenvalue weighted by Crippen LogP contribution is -2.18. The number of nitrogens with zero attached hydrogens (tertiary/aromatic N) is 4. The fourth-order valence-corrected chi connectivity index (χ4v) is 1.47. The Hall–Kier alpha value is -2.59. The van der Waals surface area contributed by atoms with E-state index in [2.05, 4.69) is 5.10 Å². The molecule has 4 nitrogen and oxygen atoms in total. The second-order valence-corrected chi connectivity index (χ2v) is 3.23. The first kappa shape index (κ1) is 9.95. The average molecular weight is 208 g/mol. The van der Waals surface area contributed by atoms with Crippen LogP contribution in [-0.2, 0) is 0 Å². The summed E-state index contributed by atoms with van der Waals surface area (Å²) in [4.78, 5) is 0. The molecule has 1 heterocycles. The van der Waals surface area contributed by atoms with Crippen molar-refractivity contribution < 1.29 is 0 Å². The molecule has 76 valence electrons. The molecular formula is C12H8N4. The highest BCUT2D eigenvalue weighted by molar-refractivity contribution is 6.01. The molecule has 1 aliphatic heterocycles. The van der Waals surface area contributed by atoms with E-state index in [1.165, 1.54) is 0 Å². The van der Waals surface area contributed by atoms with Gasteiger partial charge in [0.15, 0.2) is 0 Å². The number of allylic oxidation sites excluding steroid dienone is 2. The van der Waals surface area contributed by atoms with Gasteiger partial charge in [0, 0.05) is 6.42 Å². The van der Waals surface area contributed by atoms with E-state index in [0.29, 0.717) is 6.42 Å². The van der Waals surface area contributed by atoms with Gasteiger partial charge in [0.2, 0.25) is 6.19 Å². The van der Waals surface area contributed by atoms with Gasteiger partial charge in [0.1, 0.15) is 11.8 Å². The molecule has 4 heteroatoms. The van der Waals surface area contributed by atoms with Crippen LogP contribution in [0.15, 0.2) is 47.2 Å². The molecule has 0 aliphatic carbocycles. The van der Waals surface area contributed by atoms with Crippen LogP contribution in [0.5, 0.6) is 0 Å². The largest absolute Gasteiger partial charge is 0.207 e. The molecule has 16 heavy (non-hydrogen) atoms. The number of hydrazone groups is 1. The van der Waals surface area contributed by atoms with Gasteiger partial charge in [-0.2, -0.15) is 20.6 Å². The SMILES string of the molecule is N#CC1=CCC(c2ccccc2)=NN1C#N. The van der Waals surface area contributed by atoms with Crippen LogP contribution in [0.25, 0.3) is 0 Å². The summed E-state index contributed by atoms with van der Waals surface area (Å²) in [5.74, 6) is 0. The highest BCUT2D eigenvalue weighted by Crippen LogP contribution is 2.15. The fraction of sp³-hybridized carbons (Fsp3) is 0.0833. The summed E-state index contributed by atoms with van der Waals surface area (Å²) in [5, 5.41) is 22.8. The number of hydrogen-bond donors (Lipinski definition) is 0. The Morgan fingerprint density at radius 1 is 1.19 bits per heavy atom. The first-order valence-electron chi connectivity index (χ1n) is 4.78. The van der Waals surface area contributed by atoms with Crippen LogP contribution in [0.1, 0.15) is 12.0 Å². The molecular weight excluding hydrogens is 200 g/mol. The Balaban J connectivity index is 2.33. The van der Waals surface area contributed by atoms with Crippen LogP contribution in [-0.4, -0.2) is 10.7 Å². The van der Waals surface area contributed by atoms with Crippen LogP contribution in [0, 0.1) is 22.8 Å². The predicted octanol–water partition coefficient (Wildman–Crippen LogP) is 1.98. The van der Waals surface area contributed by atoms with Gasteiger partial charge >= 0.3 is 0 Å². The zero-order valence-electron chi connectivity index (χ0n) is 8.46. The molecule has 0 bridgehead atoms.